The minimum atomic E-state index is -1.93. The third-order valence-electron chi connectivity index (χ3n) is 1.96. The molecule has 0 aromatic carbocycles. The Morgan fingerprint density at radius 3 is 2.32 bits per heavy atom. The molecule has 0 aliphatic carbocycles. The Hall–Kier alpha value is -0.910. The summed E-state index contributed by atoms with van der Waals surface area (Å²) in [6, 6.07) is 0. The fraction of sp³-hybridized carbons (Fsp3) is 0.818. The highest BCUT2D eigenvalue weighted by molar-refractivity contribution is 7.45. The first-order valence-corrected chi connectivity index (χ1v) is 7.37. The molecule has 19 heavy (non-hydrogen) atoms. The molecule has 0 saturated carbocycles. The summed E-state index contributed by atoms with van der Waals surface area (Å²) in [5.74, 6) is -0.459. The molecule has 8 heteroatoms. The highest BCUT2D eigenvalue weighted by Gasteiger charge is 2.26. The van der Waals surface area contributed by atoms with Gasteiger partial charge >= 0.3 is 12.1 Å². The van der Waals surface area contributed by atoms with Gasteiger partial charge in [-0.3, -0.25) is 4.79 Å². The largest absolute Gasteiger partial charge is 0.425 e. The predicted molar refractivity (Wildman–Crippen MR) is 70.3 cm³/mol. The van der Waals surface area contributed by atoms with Crippen LogP contribution in [0.5, 0.6) is 0 Å². The third-order valence-corrected chi connectivity index (χ3v) is 2.68. The molecule has 7 nitrogen and oxygen atoms in total. The van der Waals surface area contributed by atoms with E-state index < -0.39 is 32.1 Å². The van der Waals surface area contributed by atoms with Gasteiger partial charge in [-0.15, -0.1) is 0 Å². The highest BCUT2D eigenvalue weighted by Crippen LogP contribution is 2.22. The summed E-state index contributed by atoms with van der Waals surface area (Å²) in [5.41, 5.74) is -0.659. The summed E-state index contributed by atoms with van der Waals surface area (Å²) in [6.07, 6.45) is -1.03. The smallest absolute Gasteiger partial charge is 0.410 e. The van der Waals surface area contributed by atoms with Gasteiger partial charge in [0.15, 0.2) is 8.38 Å². The molecule has 0 aliphatic heterocycles. The van der Waals surface area contributed by atoms with Crippen molar-refractivity contribution in [2.75, 3.05) is 12.7 Å². The first-order chi connectivity index (χ1) is 8.62. The Morgan fingerprint density at radius 1 is 1.26 bits per heavy atom. The maximum absolute atomic E-state index is 11.5. The summed E-state index contributed by atoms with van der Waals surface area (Å²) in [4.78, 5) is 40.1. The highest BCUT2D eigenvalue weighted by atomic mass is 31.2. The lowest BCUT2D eigenvalue weighted by Gasteiger charge is -2.20. The molecular weight excluding hydrogens is 273 g/mol. The molecule has 0 aromatic heterocycles. The lowest BCUT2D eigenvalue weighted by molar-refractivity contribution is -0.174. The number of rotatable bonds is 6. The zero-order valence-corrected chi connectivity index (χ0v) is 12.6. The summed E-state index contributed by atoms with van der Waals surface area (Å²) >= 11 is 0. The van der Waals surface area contributed by atoms with E-state index in [2.05, 4.69) is 5.32 Å². The van der Waals surface area contributed by atoms with Crippen molar-refractivity contribution < 1.29 is 28.8 Å². The molecule has 0 aliphatic rings. The molecule has 3 N–H and O–H groups in total. The van der Waals surface area contributed by atoms with Crippen molar-refractivity contribution in [1.29, 1.82) is 0 Å². The van der Waals surface area contributed by atoms with Crippen molar-refractivity contribution in [2.45, 2.75) is 40.4 Å². The first-order valence-electron chi connectivity index (χ1n) is 5.94. The second kappa shape index (κ2) is 8.30. The van der Waals surface area contributed by atoms with E-state index >= 15 is 0 Å². The first kappa shape index (κ1) is 18.1. The average molecular weight is 295 g/mol. The molecule has 0 heterocycles. The maximum Gasteiger partial charge on any atom is 0.410 e. The normalized spacial score (nSPS) is 13.0. The summed E-state index contributed by atoms with van der Waals surface area (Å²) in [6.45, 7) is 6.81. The van der Waals surface area contributed by atoms with Crippen LogP contribution in [0.4, 0.5) is 4.79 Å². The van der Waals surface area contributed by atoms with Crippen LogP contribution in [0, 0.1) is 5.41 Å². The Labute approximate surface area is 114 Å². The number of alkyl carbamates (subject to hydrolysis) is 1. The molecular formula is C11H22NO6P. The minimum Gasteiger partial charge on any atom is -0.425 e. The van der Waals surface area contributed by atoms with E-state index in [4.69, 9.17) is 19.3 Å². The summed E-state index contributed by atoms with van der Waals surface area (Å²) in [7, 11) is -1.93. The molecule has 0 saturated heterocycles. The van der Waals surface area contributed by atoms with Crippen molar-refractivity contribution in [2.24, 2.45) is 5.41 Å². The van der Waals surface area contributed by atoms with Crippen LogP contribution >= 0.6 is 8.38 Å². The average Bonchev–Trinajstić information content (AvgIpc) is 2.22. The number of ether oxygens (including phenoxy) is 2. The number of amides is 1. The van der Waals surface area contributed by atoms with Crippen LogP contribution in [0.15, 0.2) is 0 Å². The van der Waals surface area contributed by atoms with Gasteiger partial charge in [-0.05, 0) is 27.2 Å². The molecule has 0 radical (unpaired) electrons. The molecule has 0 spiro atoms. The number of carbonyl (C=O) groups is 2. The van der Waals surface area contributed by atoms with E-state index in [1.54, 1.807) is 20.8 Å². The van der Waals surface area contributed by atoms with Gasteiger partial charge in [0.1, 0.15) is 0 Å². The summed E-state index contributed by atoms with van der Waals surface area (Å²) < 4.78 is 9.74. The van der Waals surface area contributed by atoms with Crippen LogP contribution < -0.4 is 5.32 Å². The van der Waals surface area contributed by atoms with Gasteiger partial charge in [-0.2, -0.15) is 0 Å². The van der Waals surface area contributed by atoms with E-state index in [1.807, 2.05) is 0 Å². The molecule has 1 unspecified atom stereocenters. The van der Waals surface area contributed by atoms with Crippen molar-refractivity contribution in [3.05, 3.63) is 0 Å². The number of hydrogen-bond donors (Lipinski definition) is 3. The van der Waals surface area contributed by atoms with Crippen molar-refractivity contribution in [3.63, 3.8) is 0 Å². The van der Waals surface area contributed by atoms with Gasteiger partial charge in [-0.1, -0.05) is 0 Å². The standard InChI is InChI=1S/C11H22NO6P/c1-8(17-9(13)11(2,3)4)18-10(14)12-6-5-7-19(15)16/h8,15-16H,5-7H2,1-4H3,(H,12,14). The lowest BCUT2D eigenvalue weighted by Crippen LogP contribution is -2.33. The lowest BCUT2D eigenvalue weighted by atomic mass is 9.97. The number of esters is 1. The summed E-state index contributed by atoms with van der Waals surface area (Å²) in [5, 5.41) is 2.42. The van der Waals surface area contributed by atoms with Crippen LogP contribution in [-0.2, 0) is 14.3 Å². The molecule has 1 atom stereocenters. The van der Waals surface area contributed by atoms with Crippen LogP contribution in [-0.4, -0.2) is 40.8 Å². The fourth-order valence-electron chi connectivity index (χ4n) is 0.955. The van der Waals surface area contributed by atoms with Crippen molar-refractivity contribution in [1.82, 2.24) is 5.32 Å². The predicted octanol–water partition coefficient (Wildman–Crippen LogP) is 1.33. The maximum atomic E-state index is 11.5. The zero-order chi connectivity index (χ0) is 15.1. The molecule has 112 valence electrons. The topological polar surface area (TPSA) is 105 Å². The van der Waals surface area contributed by atoms with Gasteiger partial charge in [0.25, 0.3) is 0 Å². The van der Waals surface area contributed by atoms with Gasteiger partial charge in [0, 0.05) is 19.6 Å². The quantitative estimate of drug-likeness (QED) is 0.295. The second-order valence-corrected chi connectivity index (χ2v) is 6.20. The fourth-order valence-corrected chi connectivity index (χ4v) is 1.40. The van der Waals surface area contributed by atoms with Crippen LogP contribution in [0.1, 0.15) is 34.1 Å². The number of carbonyl (C=O) groups excluding carboxylic acids is 2. The van der Waals surface area contributed by atoms with Gasteiger partial charge in [0.2, 0.25) is 6.29 Å². The zero-order valence-electron chi connectivity index (χ0n) is 11.7. The van der Waals surface area contributed by atoms with E-state index in [0.717, 1.165) is 0 Å². The molecule has 1 amide bonds. The number of nitrogens with one attached hydrogen (secondary N) is 1. The molecule has 0 bridgehead atoms. The molecule has 0 rings (SSSR count). The SMILES string of the molecule is CC(OC(=O)NCCCP(O)O)OC(=O)C(C)(C)C. The molecule has 0 aromatic rings. The van der Waals surface area contributed by atoms with E-state index in [1.165, 1.54) is 6.92 Å². The minimum absolute atomic E-state index is 0.226. The van der Waals surface area contributed by atoms with Gasteiger partial charge in [0.05, 0.1) is 5.41 Å². The van der Waals surface area contributed by atoms with Gasteiger partial charge < -0.3 is 24.6 Å². The van der Waals surface area contributed by atoms with E-state index in [-0.39, 0.29) is 12.7 Å². The second-order valence-electron chi connectivity index (χ2n) is 5.00. The Balaban J connectivity index is 3.84. The van der Waals surface area contributed by atoms with Crippen molar-refractivity contribution in [3.8, 4) is 0 Å². The Kier molecular flexibility index (Phi) is 7.90. The van der Waals surface area contributed by atoms with Crippen LogP contribution in [0.25, 0.3) is 0 Å². The monoisotopic (exact) mass is 295 g/mol. The molecule has 0 fully saturated rings. The Morgan fingerprint density at radius 2 is 1.84 bits per heavy atom. The van der Waals surface area contributed by atoms with Crippen molar-refractivity contribution >= 4 is 20.4 Å². The van der Waals surface area contributed by atoms with E-state index in [0.29, 0.717) is 6.42 Å². The number of hydrogen-bond acceptors (Lipinski definition) is 6. The third kappa shape index (κ3) is 9.64. The Bertz CT molecular complexity index is 302. The van der Waals surface area contributed by atoms with Crippen LogP contribution in [0.2, 0.25) is 0 Å². The van der Waals surface area contributed by atoms with Gasteiger partial charge in [-0.25, -0.2) is 4.79 Å². The van der Waals surface area contributed by atoms with E-state index in [9.17, 15) is 9.59 Å². The van der Waals surface area contributed by atoms with Crippen LogP contribution in [0.3, 0.4) is 0 Å².